The highest BCUT2D eigenvalue weighted by molar-refractivity contribution is 8.02. The van der Waals surface area contributed by atoms with Crippen LogP contribution in [0, 0.1) is 11.8 Å². The molecule has 0 saturated carbocycles. The number of likely N-dealkylation sites (tertiary alicyclic amines) is 1. The molecule has 1 spiro atoms. The van der Waals surface area contributed by atoms with Crippen LogP contribution in [0.15, 0.2) is 60.7 Å². The summed E-state index contributed by atoms with van der Waals surface area (Å²) < 4.78 is -1.12. The van der Waals surface area contributed by atoms with E-state index in [1.807, 2.05) is 60.7 Å². The molecule has 5 rings (SSSR count). The number of aliphatic hydroxyl groups is 1. The smallest absolute Gasteiger partial charge is 0.244 e. The van der Waals surface area contributed by atoms with Crippen molar-refractivity contribution in [3.8, 4) is 0 Å². The SMILES string of the molecule is CCCCCNC(=O)C1N([C@@H](CO)Cc2ccccc2)C(=O)[C@@H]2[C@H](C(=O)NCc3ccccc3)[C@]3(C)CCC12S3. The van der Waals surface area contributed by atoms with Gasteiger partial charge >= 0.3 is 0 Å². The minimum absolute atomic E-state index is 0.133. The van der Waals surface area contributed by atoms with Crippen LogP contribution in [-0.4, -0.2) is 62.5 Å². The number of nitrogens with zero attached hydrogens (tertiary/aromatic N) is 1. The molecule has 40 heavy (non-hydrogen) atoms. The number of rotatable bonds is 12. The predicted molar refractivity (Wildman–Crippen MR) is 157 cm³/mol. The molecule has 2 aromatic carbocycles. The van der Waals surface area contributed by atoms with Crippen LogP contribution in [0.4, 0.5) is 0 Å². The van der Waals surface area contributed by atoms with Crippen molar-refractivity contribution in [2.45, 2.75) is 80.5 Å². The average molecular weight is 564 g/mol. The van der Waals surface area contributed by atoms with Crippen molar-refractivity contribution >= 4 is 29.5 Å². The molecule has 7 nitrogen and oxygen atoms in total. The average Bonchev–Trinajstić information content (AvgIpc) is 3.54. The molecule has 2 bridgehead atoms. The number of benzene rings is 2. The van der Waals surface area contributed by atoms with Crippen LogP contribution in [0.2, 0.25) is 0 Å². The standard InChI is InChI=1S/C32H41N3O4S/c1-3-4-11-18-33-29(38)27-32-17-16-31(2,40-32)25(28(37)34-20-23-14-9-6-10-15-23)26(32)30(39)35(27)24(21-36)19-22-12-7-5-8-13-22/h5-10,12-15,24-27,36H,3-4,11,16-21H2,1-2H3,(H,33,38)(H,34,37)/t24-,25-,26+,27?,31+,32?/m1/s1. The van der Waals surface area contributed by atoms with Gasteiger partial charge in [0.2, 0.25) is 17.7 Å². The van der Waals surface area contributed by atoms with Crippen molar-refractivity contribution in [2.24, 2.45) is 11.8 Å². The molecule has 3 aliphatic heterocycles. The second-order valence-electron chi connectivity index (χ2n) is 11.7. The van der Waals surface area contributed by atoms with E-state index in [0.717, 1.165) is 36.8 Å². The van der Waals surface area contributed by atoms with Gasteiger partial charge in [-0.3, -0.25) is 14.4 Å². The van der Waals surface area contributed by atoms with Crippen LogP contribution in [0.5, 0.6) is 0 Å². The van der Waals surface area contributed by atoms with E-state index >= 15 is 0 Å². The molecule has 3 amide bonds. The summed E-state index contributed by atoms with van der Waals surface area (Å²) in [6.45, 7) is 4.89. The Morgan fingerprint density at radius 2 is 1.68 bits per heavy atom. The van der Waals surface area contributed by atoms with Gasteiger partial charge < -0.3 is 20.6 Å². The van der Waals surface area contributed by atoms with Crippen LogP contribution < -0.4 is 10.6 Å². The first-order valence-corrected chi connectivity index (χ1v) is 15.4. The maximum atomic E-state index is 14.4. The van der Waals surface area contributed by atoms with Crippen molar-refractivity contribution in [3.63, 3.8) is 0 Å². The number of hydrogen-bond donors (Lipinski definition) is 3. The normalized spacial score (nSPS) is 29.3. The quantitative estimate of drug-likeness (QED) is 0.342. The molecule has 3 N–H and O–H groups in total. The Kier molecular flexibility index (Phi) is 8.57. The Morgan fingerprint density at radius 1 is 1.00 bits per heavy atom. The zero-order chi connectivity index (χ0) is 28.3. The van der Waals surface area contributed by atoms with Crippen molar-refractivity contribution < 1.29 is 19.5 Å². The molecule has 3 aliphatic rings. The van der Waals surface area contributed by atoms with Crippen LogP contribution in [0.25, 0.3) is 0 Å². The van der Waals surface area contributed by atoms with E-state index in [1.54, 1.807) is 16.7 Å². The van der Waals surface area contributed by atoms with E-state index in [4.69, 9.17) is 0 Å². The van der Waals surface area contributed by atoms with Crippen molar-refractivity contribution in [1.29, 1.82) is 0 Å². The molecule has 2 unspecified atom stereocenters. The number of nitrogens with one attached hydrogen (secondary N) is 2. The fourth-order valence-corrected chi connectivity index (χ4v) is 9.52. The summed E-state index contributed by atoms with van der Waals surface area (Å²) in [6.07, 6.45) is 4.85. The molecule has 8 heteroatoms. The minimum atomic E-state index is -0.730. The highest BCUT2D eigenvalue weighted by Gasteiger charge is 2.77. The molecule has 2 aromatic rings. The first-order valence-electron chi connectivity index (χ1n) is 14.6. The summed E-state index contributed by atoms with van der Waals surface area (Å²) in [5.41, 5.74) is 1.99. The van der Waals surface area contributed by atoms with Gasteiger partial charge in [0, 0.05) is 17.8 Å². The van der Waals surface area contributed by atoms with Crippen LogP contribution in [-0.2, 0) is 27.3 Å². The van der Waals surface area contributed by atoms with Gasteiger partial charge in [-0.05, 0) is 43.7 Å². The zero-order valence-corrected chi connectivity index (χ0v) is 24.3. The molecule has 3 heterocycles. The molecule has 0 aliphatic carbocycles. The number of carbonyl (C=O) groups excluding carboxylic acids is 3. The number of thioether (sulfide) groups is 1. The Morgan fingerprint density at radius 3 is 2.33 bits per heavy atom. The number of amides is 3. The van der Waals surface area contributed by atoms with Crippen molar-refractivity contribution in [3.05, 3.63) is 71.8 Å². The van der Waals surface area contributed by atoms with Gasteiger partial charge in [0.1, 0.15) is 6.04 Å². The lowest BCUT2D eigenvalue weighted by Crippen LogP contribution is -2.57. The summed E-state index contributed by atoms with van der Waals surface area (Å²) in [7, 11) is 0. The lowest BCUT2D eigenvalue weighted by molar-refractivity contribution is -0.143. The van der Waals surface area contributed by atoms with Gasteiger partial charge in [-0.15, -0.1) is 11.8 Å². The van der Waals surface area contributed by atoms with Gasteiger partial charge in [0.05, 0.1) is 29.2 Å². The molecule has 0 radical (unpaired) electrons. The summed E-state index contributed by atoms with van der Waals surface area (Å²) >= 11 is 1.67. The lowest BCUT2D eigenvalue weighted by atomic mass is 9.66. The van der Waals surface area contributed by atoms with E-state index in [0.29, 0.717) is 25.9 Å². The monoisotopic (exact) mass is 563 g/mol. The Bertz CT molecular complexity index is 1210. The summed E-state index contributed by atoms with van der Waals surface area (Å²) in [6, 6.07) is 18.2. The predicted octanol–water partition coefficient (Wildman–Crippen LogP) is 3.69. The van der Waals surface area contributed by atoms with E-state index in [1.165, 1.54) is 0 Å². The van der Waals surface area contributed by atoms with Crippen molar-refractivity contribution in [1.82, 2.24) is 15.5 Å². The molecular weight excluding hydrogens is 522 g/mol. The minimum Gasteiger partial charge on any atom is -0.394 e. The van der Waals surface area contributed by atoms with Gasteiger partial charge in [-0.25, -0.2) is 0 Å². The third-order valence-electron chi connectivity index (χ3n) is 9.05. The number of aliphatic hydroxyl groups excluding tert-OH is 1. The van der Waals surface area contributed by atoms with E-state index < -0.39 is 33.4 Å². The summed E-state index contributed by atoms with van der Waals surface area (Å²) in [4.78, 5) is 43.8. The number of hydrogen-bond acceptors (Lipinski definition) is 5. The van der Waals surface area contributed by atoms with E-state index in [-0.39, 0.29) is 24.3 Å². The molecule has 0 aromatic heterocycles. The Hall–Kier alpha value is -2.84. The molecular formula is C32H41N3O4S. The number of carbonyl (C=O) groups is 3. The first-order chi connectivity index (χ1) is 19.3. The second kappa shape index (κ2) is 12.0. The summed E-state index contributed by atoms with van der Waals surface area (Å²) in [5, 5.41) is 16.8. The highest BCUT2D eigenvalue weighted by Crippen LogP contribution is 2.71. The number of unbranched alkanes of at least 4 members (excludes halogenated alkanes) is 2. The van der Waals surface area contributed by atoms with Gasteiger partial charge in [-0.1, -0.05) is 80.4 Å². The fraction of sp³-hybridized carbons (Fsp3) is 0.531. The third-order valence-corrected chi connectivity index (χ3v) is 11.0. The fourth-order valence-electron chi connectivity index (χ4n) is 7.17. The van der Waals surface area contributed by atoms with Crippen LogP contribution >= 0.6 is 11.8 Å². The molecule has 3 saturated heterocycles. The Balaban J connectivity index is 1.46. The topological polar surface area (TPSA) is 98.7 Å². The van der Waals surface area contributed by atoms with Crippen LogP contribution in [0.3, 0.4) is 0 Å². The van der Waals surface area contributed by atoms with Gasteiger partial charge in [0.25, 0.3) is 0 Å². The summed E-state index contributed by atoms with van der Waals surface area (Å²) in [5.74, 6) is -1.63. The number of fused-ring (bicyclic) bond motifs is 1. The van der Waals surface area contributed by atoms with E-state index in [2.05, 4.69) is 24.5 Å². The van der Waals surface area contributed by atoms with Gasteiger partial charge in [0.15, 0.2) is 0 Å². The maximum Gasteiger partial charge on any atom is 0.244 e. The molecule has 6 atom stereocenters. The first kappa shape index (κ1) is 28.7. The van der Waals surface area contributed by atoms with Crippen molar-refractivity contribution in [2.75, 3.05) is 13.2 Å². The second-order valence-corrected chi connectivity index (χ2v) is 13.6. The maximum absolute atomic E-state index is 14.4. The Labute approximate surface area is 241 Å². The third kappa shape index (κ3) is 5.16. The highest BCUT2D eigenvalue weighted by atomic mass is 32.2. The lowest BCUT2D eigenvalue weighted by Gasteiger charge is -2.37. The van der Waals surface area contributed by atoms with Gasteiger partial charge in [-0.2, -0.15) is 0 Å². The largest absolute Gasteiger partial charge is 0.394 e. The zero-order valence-electron chi connectivity index (χ0n) is 23.5. The van der Waals surface area contributed by atoms with Crippen LogP contribution in [0.1, 0.15) is 57.1 Å². The molecule has 214 valence electrons. The molecule has 3 fully saturated rings. The van der Waals surface area contributed by atoms with E-state index in [9.17, 15) is 19.5 Å².